The number of thioether (sulfide) groups is 1. The number of aliphatic carboxylic acids is 1. The molecule has 21 heavy (non-hydrogen) atoms. The van der Waals surface area contributed by atoms with Crippen LogP contribution < -0.4 is 4.90 Å². The van der Waals surface area contributed by atoms with E-state index in [1.807, 2.05) is 23.6 Å². The Morgan fingerprint density at radius 1 is 1.14 bits per heavy atom. The molecule has 1 aromatic heterocycles. The molecule has 0 bridgehead atoms. The minimum absolute atomic E-state index is 0.190. The van der Waals surface area contributed by atoms with Crippen molar-refractivity contribution in [3.8, 4) is 0 Å². The molecular weight excluding hydrogens is 306 g/mol. The molecule has 0 saturated heterocycles. The molecule has 0 atom stereocenters. The maximum atomic E-state index is 12.3. The van der Waals surface area contributed by atoms with Crippen molar-refractivity contribution in [3.63, 3.8) is 0 Å². The van der Waals surface area contributed by atoms with E-state index in [1.54, 1.807) is 35.6 Å². The zero-order chi connectivity index (χ0) is 15.1. The second kappa shape index (κ2) is 7.85. The van der Waals surface area contributed by atoms with Gasteiger partial charge in [0.25, 0.3) is 0 Å². The van der Waals surface area contributed by atoms with Crippen LogP contribution in [-0.4, -0.2) is 29.3 Å². The first-order chi connectivity index (χ1) is 10.2. The Morgan fingerprint density at radius 3 is 2.52 bits per heavy atom. The van der Waals surface area contributed by atoms with Gasteiger partial charge in [0.15, 0.2) is 0 Å². The first-order valence-electron chi connectivity index (χ1n) is 6.34. The monoisotopic (exact) mass is 321 g/mol. The Morgan fingerprint density at radius 2 is 1.90 bits per heavy atom. The van der Waals surface area contributed by atoms with Gasteiger partial charge in [0.2, 0.25) is 5.91 Å². The number of anilines is 1. The van der Waals surface area contributed by atoms with Crippen LogP contribution in [-0.2, 0) is 15.3 Å². The smallest absolute Gasteiger partial charge is 0.323 e. The summed E-state index contributed by atoms with van der Waals surface area (Å²) in [7, 11) is 0. The van der Waals surface area contributed by atoms with Crippen molar-refractivity contribution in [1.82, 2.24) is 0 Å². The number of nitrogens with zero attached hydrogens (tertiary/aromatic N) is 1. The van der Waals surface area contributed by atoms with Crippen LogP contribution in [0.1, 0.15) is 4.88 Å². The number of amides is 1. The Hall–Kier alpha value is -1.79. The van der Waals surface area contributed by atoms with Gasteiger partial charge < -0.3 is 10.0 Å². The molecule has 1 N–H and O–H groups in total. The molecule has 2 aromatic rings. The molecule has 0 fully saturated rings. The molecule has 0 aliphatic carbocycles. The minimum Gasteiger partial charge on any atom is -0.480 e. The van der Waals surface area contributed by atoms with Crippen LogP contribution in [0.3, 0.4) is 0 Å². The third kappa shape index (κ3) is 4.91. The molecule has 0 unspecified atom stereocenters. The summed E-state index contributed by atoms with van der Waals surface area (Å²) in [5.41, 5.74) is 0.613. The molecule has 4 nitrogen and oxygen atoms in total. The second-order valence-electron chi connectivity index (χ2n) is 4.28. The number of carboxylic acid groups (broad SMARTS) is 1. The van der Waals surface area contributed by atoms with Crippen LogP contribution in [0.2, 0.25) is 0 Å². The van der Waals surface area contributed by atoms with Gasteiger partial charge in [-0.05, 0) is 23.6 Å². The third-order valence-corrected chi connectivity index (χ3v) is 4.74. The highest BCUT2D eigenvalue weighted by Gasteiger charge is 2.18. The molecule has 1 heterocycles. The molecule has 0 saturated carbocycles. The Balaban J connectivity index is 1.96. The lowest BCUT2D eigenvalue weighted by Crippen LogP contribution is -2.36. The van der Waals surface area contributed by atoms with Crippen molar-refractivity contribution in [3.05, 3.63) is 52.7 Å². The first kappa shape index (κ1) is 15.6. The van der Waals surface area contributed by atoms with Crippen molar-refractivity contribution >= 4 is 40.7 Å². The molecule has 1 amide bonds. The summed E-state index contributed by atoms with van der Waals surface area (Å²) in [4.78, 5) is 25.7. The van der Waals surface area contributed by atoms with E-state index in [2.05, 4.69) is 0 Å². The normalized spacial score (nSPS) is 10.3. The topological polar surface area (TPSA) is 57.6 Å². The summed E-state index contributed by atoms with van der Waals surface area (Å²) in [5.74, 6) is -0.181. The molecule has 0 aliphatic rings. The van der Waals surface area contributed by atoms with E-state index in [9.17, 15) is 9.59 Å². The number of hydrogen-bond acceptors (Lipinski definition) is 4. The number of para-hydroxylation sites is 1. The van der Waals surface area contributed by atoms with Crippen LogP contribution in [0.25, 0.3) is 0 Å². The number of carbonyl (C=O) groups excluding carboxylic acids is 1. The Labute approximate surface area is 131 Å². The van der Waals surface area contributed by atoms with E-state index < -0.39 is 5.97 Å². The molecule has 2 rings (SSSR count). The van der Waals surface area contributed by atoms with Gasteiger partial charge in [-0.15, -0.1) is 23.1 Å². The summed E-state index contributed by atoms with van der Waals surface area (Å²) >= 11 is 3.15. The van der Waals surface area contributed by atoms with Crippen LogP contribution in [0, 0.1) is 0 Å². The van der Waals surface area contributed by atoms with E-state index in [-0.39, 0.29) is 18.2 Å². The number of carboxylic acids is 1. The number of thiophene rings is 1. The summed E-state index contributed by atoms with van der Waals surface area (Å²) in [6.07, 6.45) is 0. The van der Waals surface area contributed by atoms with Crippen LogP contribution in [0.15, 0.2) is 47.8 Å². The van der Waals surface area contributed by atoms with Gasteiger partial charge in [-0.3, -0.25) is 9.59 Å². The van der Waals surface area contributed by atoms with Gasteiger partial charge in [0, 0.05) is 16.3 Å². The number of benzene rings is 1. The van der Waals surface area contributed by atoms with Crippen LogP contribution in [0.4, 0.5) is 5.69 Å². The zero-order valence-electron chi connectivity index (χ0n) is 11.3. The molecule has 0 spiro atoms. The molecule has 0 radical (unpaired) electrons. The minimum atomic E-state index is -1.02. The summed E-state index contributed by atoms with van der Waals surface area (Å²) in [5, 5.41) is 11.0. The molecule has 110 valence electrons. The maximum Gasteiger partial charge on any atom is 0.323 e. The van der Waals surface area contributed by atoms with E-state index >= 15 is 0 Å². The van der Waals surface area contributed by atoms with E-state index in [1.165, 1.54) is 21.5 Å². The van der Waals surface area contributed by atoms with Gasteiger partial charge in [-0.2, -0.15) is 0 Å². The molecule has 6 heteroatoms. The third-order valence-electron chi connectivity index (χ3n) is 2.71. The predicted octanol–water partition coefficient (Wildman–Crippen LogP) is 3.10. The largest absolute Gasteiger partial charge is 0.480 e. The molecule has 0 aliphatic heterocycles. The number of rotatable bonds is 7. The van der Waals surface area contributed by atoms with Gasteiger partial charge in [0.05, 0.1) is 5.75 Å². The van der Waals surface area contributed by atoms with Gasteiger partial charge in [0.1, 0.15) is 6.54 Å². The van der Waals surface area contributed by atoms with Crippen molar-refractivity contribution in [2.24, 2.45) is 0 Å². The highest BCUT2D eigenvalue weighted by Crippen LogP contribution is 2.19. The fourth-order valence-corrected chi connectivity index (χ4v) is 3.52. The lowest BCUT2D eigenvalue weighted by atomic mass is 10.3. The average Bonchev–Trinajstić information content (AvgIpc) is 2.98. The number of carbonyl (C=O) groups is 2. The summed E-state index contributed by atoms with van der Waals surface area (Å²) in [6, 6.07) is 12.9. The van der Waals surface area contributed by atoms with E-state index in [0.717, 1.165) is 5.75 Å². The fourth-order valence-electron chi connectivity index (χ4n) is 1.78. The Kier molecular flexibility index (Phi) is 5.83. The quantitative estimate of drug-likeness (QED) is 0.851. The van der Waals surface area contributed by atoms with Gasteiger partial charge in [-0.25, -0.2) is 0 Å². The summed E-state index contributed by atoms with van der Waals surface area (Å²) < 4.78 is 0. The van der Waals surface area contributed by atoms with Crippen LogP contribution >= 0.6 is 23.1 Å². The van der Waals surface area contributed by atoms with Crippen molar-refractivity contribution in [2.45, 2.75) is 5.75 Å². The zero-order valence-corrected chi connectivity index (χ0v) is 12.9. The predicted molar refractivity (Wildman–Crippen MR) is 86.9 cm³/mol. The van der Waals surface area contributed by atoms with Crippen molar-refractivity contribution in [2.75, 3.05) is 17.2 Å². The van der Waals surface area contributed by atoms with E-state index in [0.29, 0.717) is 5.69 Å². The highest BCUT2D eigenvalue weighted by molar-refractivity contribution is 7.99. The van der Waals surface area contributed by atoms with Gasteiger partial charge in [-0.1, -0.05) is 24.3 Å². The second-order valence-corrected chi connectivity index (χ2v) is 6.30. The lowest BCUT2D eigenvalue weighted by molar-refractivity contribution is -0.136. The number of hydrogen-bond donors (Lipinski definition) is 1. The molecule has 1 aromatic carbocycles. The standard InChI is InChI=1S/C15H15NO3S2/c17-14(11-20-10-13-7-4-8-21-13)16(9-15(18)19)12-5-2-1-3-6-12/h1-8H,9-11H2,(H,18,19). The fraction of sp³-hybridized carbons (Fsp3) is 0.200. The van der Waals surface area contributed by atoms with E-state index in [4.69, 9.17) is 5.11 Å². The molecular formula is C15H15NO3S2. The van der Waals surface area contributed by atoms with Crippen molar-refractivity contribution < 1.29 is 14.7 Å². The van der Waals surface area contributed by atoms with Gasteiger partial charge >= 0.3 is 5.97 Å². The lowest BCUT2D eigenvalue weighted by Gasteiger charge is -2.20. The average molecular weight is 321 g/mol. The van der Waals surface area contributed by atoms with Crippen molar-refractivity contribution in [1.29, 1.82) is 0 Å². The first-order valence-corrected chi connectivity index (χ1v) is 8.37. The highest BCUT2D eigenvalue weighted by atomic mass is 32.2. The Bertz CT molecular complexity index is 584. The maximum absolute atomic E-state index is 12.3. The summed E-state index contributed by atoms with van der Waals surface area (Å²) in [6.45, 7) is -0.317. The SMILES string of the molecule is O=C(O)CN(C(=O)CSCc1cccs1)c1ccccc1. The van der Waals surface area contributed by atoms with Crippen LogP contribution in [0.5, 0.6) is 0 Å².